The predicted octanol–water partition coefficient (Wildman–Crippen LogP) is 2.14. The molecule has 2 aromatic rings. The molecule has 1 atom stereocenters. The molecule has 3 heterocycles. The highest BCUT2D eigenvalue weighted by molar-refractivity contribution is 5.94. The molecule has 2 aliphatic rings. The smallest absolute Gasteiger partial charge is 0.251 e. The molecule has 0 aliphatic carbocycles. The molecule has 1 unspecified atom stereocenters. The lowest BCUT2D eigenvalue weighted by Crippen LogP contribution is -2.54. The van der Waals surface area contributed by atoms with Crippen LogP contribution in [0.1, 0.15) is 42.5 Å². The molecule has 3 N–H and O–H groups in total. The van der Waals surface area contributed by atoms with E-state index >= 15 is 0 Å². The Kier molecular flexibility index (Phi) is 8.18. The zero-order chi connectivity index (χ0) is 23.8. The lowest BCUT2D eigenvalue weighted by molar-refractivity contribution is 0.0254. The quantitative estimate of drug-likeness (QED) is 0.515. The van der Waals surface area contributed by atoms with Gasteiger partial charge in [0.15, 0.2) is 0 Å². The summed E-state index contributed by atoms with van der Waals surface area (Å²) in [6.45, 7) is 5.28. The SMILES string of the molecule is CNc1cc(N2CCCC(O)(CNC(=O)c3ccc(OCCN4CCCCC4)cc3)C2)ncn1. The van der Waals surface area contributed by atoms with E-state index in [0.29, 0.717) is 25.1 Å². The van der Waals surface area contributed by atoms with E-state index in [0.717, 1.165) is 50.0 Å². The molecule has 0 bridgehead atoms. The van der Waals surface area contributed by atoms with Gasteiger partial charge in [-0.2, -0.15) is 0 Å². The Balaban J connectivity index is 1.25. The van der Waals surface area contributed by atoms with Gasteiger partial charge in [-0.3, -0.25) is 9.69 Å². The first-order valence-electron chi connectivity index (χ1n) is 12.3. The van der Waals surface area contributed by atoms with Crippen LogP contribution >= 0.6 is 0 Å². The minimum atomic E-state index is -1.02. The fraction of sp³-hybridized carbons (Fsp3) is 0.560. The van der Waals surface area contributed by atoms with Crippen molar-refractivity contribution in [3.63, 3.8) is 0 Å². The second kappa shape index (κ2) is 11.5. The van der Waals surface area contributed by atoms with Gasteiger partial charge in [0.1, 0.15) is 30.3 Å². The molecule has 2 aliphatic heterocycles. The number of aromatic nitrogens is 2. The molecular weight excluding hydrogens is 432 g/mol. The van der Waals surface area contributed by atoms with Crippen molar-refractivity contribution in [1.29, 1.82) is 0 Å². The number of amides is 1. The largest absolute Gasteiger partial charge is 0.492 e. The van der Waals surface area contributed by atoms with E-state index in [1.54, 1.807) is 12.1 Å². The fourth-order valence-corrected chi connectivity index (χ4v) is 4.63. The summed E-state index contributed by atoms with van der Waals surface area (Å²) >= 11 is 0. The van der Waals surface area contributed by atoms with E-state index in [2.05, 4.69) is 25.5 Å². The maximum Gasteiger partial charge on any atom is 0.251 e. The third kappa shape index (κ3) is 6.57. The average molecular weight is 469 g/mol. The standard InChI is InChI=1S/C25H36N6O3/c1-26-22-16-23(29-19-28-22)31-13-5-10-25(33,18-31)17-27-24(32)20-6-8-21(9-7-20)34-15-14-30-11-3-2-4-12-30/h6-9,16,19,33H,2-5,10-15,17-18H2,1H3,(H,27,32)(H,26,28,29). The summed E-state index contributed by atoms with van der Waals surface area (Å²) in [5.41, 5.74) is -0.468. The zero-order valence-corrected chi connectivity index (χ0v) is 20.0. The fourth-order valence-electron chi connectivity index (χ4n) is 4.63. The lowest BCUT2D eigenvalue weighted by Gasteiger charge is -2.39. The number of likely N-dealkylation sites (tertiary alicyclic amines) is 1. The molecule has 9 nitrogen and oxygen atoms in total. The van der Waals surface area contributed by atoms with Crippen molar-refractivity contribution >= 4 is 17.5 Å². The van der Waals surface area contributed by atoms with Crippen molar-refractivity contribution in [3.05, 3.63) is 42.2 Å². The monoisotopic (exact) mass is 468 g/mol. The summed E-state index contributed by atoms with van der Waals surface area (Å²) in [4.78, 5) is 25.6. The minimum absolute atomic E-state index is 0.181. The number of nitrogens with zero attached hydrogens (tertiary/aromatic N) is 4. The van der Waals surface area contributed by atoms with Gasteiger partial charge in [0.05, 0.1) is 5.60 Å². The molecule has 0 spiro atoms. The maximum atomic E-state index is 12.7. The molecule has 34 heavy (non-hydrogen) atoms. The van der Waals surface area contributed by atoms with Crippen molar-refractivity contribution in [1.82, 2.24) is 20.2 Å². The first kappa shape index (κ1) is 24.2. The Morgan fingerprint density at radius 3 is 2.68 bits per heavy atom. The second-order valence-corrected chi connectivity index (χ2v) is 9.22. The van der Waals surface area contributed by atoms with Crippen LogP contribution in [0.3, 0.4) is 0 Å². The van der Waals surface area contributed by atoms with Crippen molar-refractivity contribution in [2.45, 2.75) is 37.7 Å². The van der Waals surface area contributed by atoms with Gasteiger partial charge in [-0.1, -0.05) is 6.42 Å². The number of carbonyl (C=O) groups excluding carboxylic acids is 1. The number of piperidine rings is 2. The Bertz CT molecular complexity index is 935. The minimum Gasteiger partial charge on any atom is -0.492 e. The zero-order valence-electron chi connectivity index (χ0n) is 20.0. The normalized spacial score (nSPS) is 21.2. The molecule has 1 aromatic heterocycles. The van der Waals surface area contributed by atoms with Gasteiger partial charge in [-0.25, -0.2) is 9.97 Å². The second-order valence-electron chi connectivity index (χ2n) is 9.22. The third-order valence-electron chi connectivity index (χ3n) is 6.61. The molecule has 184 valence electrons. The van der Waals surface area contributed by atoms with Crippen molar-refractivity contribution in [2.24, 2.45) is 0 Å². The number of benzene rings is 1. The number of aliphatic hydroxyl groups is 1. The predicted molar refractivity (Wildman–Crippen MR) is 133 cm³/mol. The summed E-state index contributed by atoms with van der Waals surface area (Å²) in [6, 6.07) is 9.06. The van der Waals surface area contributed by atoms with Crippen LogP contribution in [-0.2, 0) is 0 Å². The van der Waals surface area contributed by atoms with Crippen LogP contribution in [0.5, 0.6) is 5.75 Å². The van der Waals surface area contributed by atoms with Crippen LogP contribution in [0.4, 0.5) is 11.6 Å². The summed E-state index contributed by atoms with van der Waals surface area (Å²) < 4.78 is 5.85. The molecule has 1 aromatic carbocycles. The highest BCUT2D eigenvalue weighted by atomic mass is 16.5. The van der Waals surface area contributed by atoms with Gasteiger partial charge in [-0.15, -0.1) is 0 Å². The number of hydrogen-bond acceptors (Lipinski definition) is 8. The third-order valence-corrected chi connectivity index (χ3v) is 6.61. The molecule has 0 saturated carbocycles. The highest BCUT2D eigenvalue weighted by Gasteiger charge is 2.34. The number of carbonyl (C=O) groups is 1. The van der Waals surface area contributed by atoms with Crippen LogP contribution in [0.15, 0.2) is 36.7 Å². The van der Waals surface area contributed by atoms with E-state index in [4.69, 9.17) is 4.74 Å². The Morgan fingerprint density at radius 1 is 1.12 bits per heavy atom. The summed E-state index contributed by atoms with van der Waals surface area (Å²) in [6.07, 6.45) is 6.82. The Hall–Kier alpha value is -2.91. The van der Waals surface area contributed by atoms with Crippen LogP contribution < -0.4 is 20.3 Å². The van der Waals surface area contributed by atoms with Crippen molar-refractivity contribution in [2.75, 3.05) is 63.1 Å². The highest BCUT2D eigenvalue weighted by Crippen LogP contribution is 2.25. The number of β-amino-alcohol motifs (C(OH)–C–C–N with tert-alkyl or cyclic N) is 1. The van der Waals surface area contributed by atoms with E-state index in [-0.39, 0.29) is 12.5 Å². The average Bonchev–Trinajstić information content (AvgIpc) is 2.88. The molecule has 9 heteroatoms. The first-order chi connectivity index (χ1) is 16.5. The van der Waals surface area contributed by atoms with Crippen molar-refractivity contribution in [3.8, 4) is 5.75 Å². The van der Waals surface area contributed by atoms with Gasteiger partial charge < -0.3 is 25.4 Å². The first-order valence-corrected chi connectivity index (χ1v) is 12.3. The summed E-state index contributed by atoms with van der Waals surface area (Å²) in [5.74, 6) is 2.05. The van der Waals surface area contributed by atoms with Gasteiger partial charge in [0.2, 0.25) is 0 Å². The molecule has 2 fully saturated rings. The number of ether oxygens (including phenoxy) is 1. The molecular formula is C25H36N6O3. The van der Waals surface area contributed by atoms with Gasteiger partial charge in [0.25, 0.3) is 5.91 Å². The van der Waals surface area contributed by atoms with E-state index in [1.165, 1.54) is 25.6 Å². The summed E-state index contributed by atoms with van der Waals surface area (Å²) in [7, 11) is 1.81. The van der Waals surface area contributed by atoms with Gasteiger partial charge in [-0.05, 0) is 63.0 Å². The Labute approximate surface area is 201 Å². The number of nitrogens with one attached hydrogen (secondary N) is 2. The molecule has 0 radical (unpaired) electrons. The molecule has 4 rings (SSSR count). The number of hydrogen-bond donors (Lipinski definition) is 3. The van der Waals surface area contributed by atoms with E-state index in [1.807, 2.05) is 30.1 Å². The van der Waals surface area contributed by atoms with E-state index in [9.17, 15) is 9.90 Å². The topological polar surface area (TPSA) is 103 Å². The van der Waals surface area contributed by atoms with Gasteiger partial charge in [0, 0.05) is 44.9 Å². The van der Waals surface area contributed by atoms with Crippen LogP contribution in [-0.4, -0.2) is 84.4 Å². The molecule has 2 saturated heterocycles. The molecule has 1 amide bonds. The Morgan fingerprint density at radius 2 is 1.91 bits per heavy atom. The van der Waals surface area contributed by atoms with Crippen LogP contribution in [0.25, 0.3) is 0 Å². The van der Waals surface area contributed by atoms with Crippen LogP contribution in [0.2, 0.25) is 0 Å². The van der Waals surface area contributed by atoms with E-state index < -0.39 is 5.60 Å². The number of anilines is 2. The maximum absolute atomic E-state index is 12.7. The van der Waals surface area contributed by atoms with Gasteiger partial charge >= 0.3 is 0 Å². The van der Waals surface area contributed by atoms with Crippen molar-refractivity contribution < 1.29 is 14.6 Å². The number of rotatable bonds is 9. The summed E-state index contributed by atoms with van der Waals surface area (Å²) in [5, 5.41) is 17.0. The van der Waals surface area contributed by atoms with Crippen LogP contribution in [0, 0.1) is 0 Å². The lowest BCUT2D eigenvalue weighted by atomic mass is 9.92.